The Morgan fingerprint density at radius 1 is 1.22 bits per heavy atom. The van der Waals surface area contributed by atoms with Gasteiger partial charge in [-0.1, -0.05) is 13.0 Å². The molecule has 0 aromatic heterocycles. The molecule has 0 aliphatic heterocycles. The van der Waals surface area contributed by atoms with Crippen LogP contribution in [0.5, 0.6) is 11.5 Å². The number of benzene rings is 1. The van der Waals surface area contributed by atoms with Crippen LogP contribution in [0.3, 0.4) is 0 Å². The Kier molecular flexibility index (Phi) is 7.73. The van der Waals surface area contributed by atoms with E-state index in [1.165, 1.54) is 0 Å². The molecule has 0 saturated carbocycles. The van der Waals surface area contributed by atoms with Crippen molar-refractivity contribution in [2.24, 2.45) is 0 Å². The summed E-state index contributed by atoms with van der Waals surface area (Å²) in [7, 11) is 3.13. The molecule has 7 nitrogen and oxygen atoms in total. The number of carboxylic acid groups (broad SMARTS) is 1. The topological polar surface area (TPSA) is 96.9 Å². The van der Waals surface area contributed by atoms with Gasteiger partial charge in [0.15, 0.2) is 11.5 Å². The van der Waals surface area contributed by atoms with Gasteiger partial charge in [0.25, 0.3) is 0 Å². The van der Waals surface area contributed by atoms with Crippen LogP contribution >= 0.6 is 0 Å². The zero-order chi connectivity index (χ0) is 17.2. The van der Waals surface area contributed by atoms with Crippen molar-refractivity contribution in [3.8, 4) is 11.5 Å². The number of amides is 2. The average Bonchev–Trinajstić information content (AvgIpc) is 2.55. The second kappa shape index (κ2) is 9.55. The number of methoxy groups -OCH3 is 2. The van der Waals surface area contributed by atoms with Crippen molar-refractivity contribution in [2.45, 2.75) is 32.2 Å². The molecule has 7 heteroatoms. The Morgan fingerprint density at radius 2 is 1.91 bits per heavy atom. The fourth-order valence-corrected chi connectivity index (χ4v) is 2.14. The van der Waals surface area contributed by atoms with E-state index < -0.39 is 5.97 Å². The predicted octanol–water partition coefficient (Wildman–Crippen LogP) is 2.32. The Labute approximate surface area is 136 Å². The third-order valence-corrected chi connectivity index (χ3v) is 3.38. The smallest absolute Gasteiger partial charge is 0.315 e. The number of aliphatic carboxylic acids is 1. The molecule has 128 valence electrons. The van der Waals surface area contributed by atoms with Gasteiger partial charge < -0.3 is 25.2 Å². The van der Waals surface area contributed by atoms with Crippen LogP contribution in [0.4, 0.5) is 4.79 Å². The van der Waals surface area contributed by atoms with E-state index in [9.17, 15) is 9.59 Å². The predicted molar refractivity (Wildman–Crippen MR) is 86.0 cm³/mol. The number of ether oxygens (including phenoxy) is 2. The molecule has 0 aliphatic carbocycles. The molecular weight excluding hydrogens is 300 g/mol. The first-order chi connectivity index (χ1) is 11.0. The molecule has 1 rings (SSSR count). The number of nitrogens with one attached hydrogen (secondary N) is 2. The minimum Gasteiger partial charge on any atom is -0.493 e. The van der Waals surface area contributed by atoms with Crippen LogP contribution in [-0.2, 0) is 4.79 Å². The first-order valence-electron chi connectivity index (χ1n) is 7.49. The van der Waals surface area contributed by atoms with E-state index in [2.05, 4.69) is 10.6 Å². The minimum absolute atomic E-state index is 0.0349. The van der Waals surface area contributed by atoms with Crippen LogP contribution in [0.15, 0.2) is 18.2 Å². The first kappa shape index (κ1) is 18.6. The van der Waals surface area contributed by atoms with Gasteiger partial charge >= 0.3 is 12.0 Å². The van der Waals surface area contributed by atoms with Crippen molar-refractivity contribution in [1.29, 1.82) is 0 Å². The Bertz CT molecular complexity index is 533. The largest absolute Gasteiger partial charge is 0.493 e. The molecule has 23 heavy (non-hydrogen) atoms. The van der Waals surface area contributed by atoms with Crippen LogP contribution in [0.1, 0.15) is 37.8 Å². The van der Waals surface area contributed by atoms with Gasteiger partial charge in [-0.3, -0.25) is 4.79 Å². The van der Waals surface area contributed by atoms with Crippen LogP contribution in [0.2, 0.25) is 0 Å². The minimum atomic E-state index is -0.871. The average molecular weight is 324 g/mol. The highest BCUT2D eigenvalue weighted by molar-refractivity contribution is 5.74. The lowest BCUT2D eigenvalue weighted by molar-refractivity contribution is -0.137. The van der Waals surface area contributed by atoms with E-state index in [0.29, 0.717) is 30.9 Å². The Balaban J connectivity index is 2.62. The van der Waals surface area contributed by atoms with Gasteiger partial charge in [-0.15, -0.1) is 0 Å². The SMILES string of the molecule is CCC(NC(=O)NCCCC(=O)O)c1ccc(OC)c(OC)c1. The van der Waals surface area contributed by atoms with Gasteiger partial charge in [0, 0.05) is 13.0 Å². The molecule has 0 saturated heterocycles. The summed E-state index contributed by atoms with van der Waals surface area (Å²) in [5.74, 6) is 0.361. The number of urea groups is 1. The lowest BCUT2D eigenvalue weighted by Crippen LogP contribution is -2.38. The molecule has 0 heterocycles. The lowest BCUT2D eigenvalue weighted by Gasteiger charge is -2.19. The third-order valence-electron chi connectivity index (χ3n) is 3.38. The summed E-state index contributed by atoms with van der Waals surface area (Å²) < 4.78 is 10.5. The molecule has 1 unspecified atom stereocenters. The summed E-state index contributed by atoms with van der Waals surface area (Å²) in [5, 5.41) is 14.1. The van der Waals surface area contributed by atoms with Crippen molar-refractivity contribution in [1.82, 2.24) is 10.6 Å². The number of rotatable bonds is 9. The lowest BCUT2D eigenvalue weighted by atomic mass is 10.0. The van der Waals surface area contributed by atoms with Crippen molar-refractivity contribution in [3.05, 3.63) is 23.8 Å². The van der Waals surface area contributed by atoms with Gasteiger partial charge in [0.05, 0.1) is 20.3 Å². The second-order valence-electron chi connectivity index (χ2n) is 4.97. The Morgan fingerprint density at radius 3 is 2.48 bits per heavy atom. The summed E-state index contributed by atoms with van der Waals surface area (Å²) >= 11 is 0. The number of carbonyl (C=O) groups is 2. The van der Waals surface area contributed by atoms with Crippen LogP contribution in [0.25, 0.3) is 0 Å². The van der Waals surface area contributed by atoms with E-state index in [-0.39, 0.29) is 18.5 Å². The molecule has 0 radical (unpaired) electrons. The molecule has 0 spiro atoms. The molecule has 2 amide bonds. The van der Waals surface area contributed by atoms with Gasteiger partial charge in [-0.05, 0) is 30.5 Å². The van der Waals surface area contributed by atoms with E-state index in [1.54, 1.807) is 20.3 Å². The molecular formula is C16H24N2O5. The number of hydrogen-bond acceptors (Lipinski definition) is 4. The molecule has 0 fully saturated rings. The maximum absolute atomic E-state index is 11.9. The highest BCUT2D eigenvalue weighted by atomic mass is 16.5. The van der Waals surface area contributed by atoms with Crippen LogP contribution < -0.4 is 20.1 Å². The summed E-state index contributed by atoms with van der Waals surface area (Å²) in [6.45, 7) is 2.28. The number of carboxylic acids is 1. The zero-order valence-electron chi connectivity index (χ0n) is 13.7. The fourth-order valence-electron chi connectivity index (χ4n) is 2.14. The summed E-state index contributed by atoms with van der Waals surface area (Å²) in [6, 6.07) is 5.01. The summed E-state index contributed by atoms with van der Waals surface area (Å²) in [4.78, 5) is 22.3. The molecule has 0 bridgehead atoms. The number of hydrogen-bond donors (Lipinski definition) is 3. The standard InChI is InChI=1S/C16H24N2O5/c1-4-12(18-16(21)17-9-5-6-15(19)20)11-7-8-13(22-2)14(10-11)23-3/h7-8,10,12H,4-6,9H2,1-3H3,(H,19,20)(H2,17,18,21). The van der Waals surface area contributed by atoms with E-state index >= 15 is 0 Å². The van der Waals surface area contributed by atoms with Gasteiger partial charge in [-0.2, -0.15) is 0 Å². The van der Waals surface area contributed by atoms with Gasteiger partial charge in [-0.25, -0.2) is 4.79 Å². The summed E-state index contributed by atoms with van der Waals surface area (Å²) in [6.07, 6.45) is 1.14. The maximum atomic E-state index is 11.9. The molecule has 3 N–H and O–H groups in total. The highest BCUT2D eigenvalue weighted by Crippen LogP contribution is 2.30. The van der Waals surface area contributed by atoms with Crippen LogP contribution in [0, 0.1) is 0 Å². The normalized spacial score (nSPS) is 11.4. The van der Waals surface area contributed by atoms with Crippen molar-refractivity contribution >= 4 is 12.0 Å². The fraction of sp³-hybridized carbons (Fsp3) is 0.500. The number of carbonyl (C=O) groups excluding carboxylic acids is 1. The molecule has 1 atom stereocenters. The highest BCUT2D eigenvalue weighted by Gasteiger charge is 2.15. The van der Waals surface area contributed by atoms with Crippen molar-refractivity contribution in [3.63, 3.8) is 0 Å². The molecule has 1 aromatic rings. The quantitative estimate of drug-likeness (QED) is 0.606. The van der Waals surface area contributed by atoms with E-state index in [1.807, 2.05) is 19.1 Å². The van der Waals surface area contributed by atoms with E-state index in [4.69, 9.17) is 14.6 Å². The summed E-state index contributed by atoms with van der Waals surface area (Å²) in [5.41, 5.74) is 0.908. The molecule has 0 aliphatic rings. The van der Waals surface area contributed by atoms with Gasteiger partial charge in [0.2, 0.25) is 0 Å². The van der Waals surface area contributed by atoms with Crippen molar-refractivity contribution < 1.29 is 24.2 Å². The third kappa shape index (κ3) is 6.06. The second-order valence-corrected chi connectivity index (χ2v) is 4.97. The van der Waals surface area contributed by atoms with Crippen LogP contribution in [-0.4, -0.2) is 37.9 Å². The van der Waals surface area contributed by atoms with Crippen molar-refractivity contribution in [2.75, 3.05) is 20.8 Å². The Hall–Kier alpha value is -2.44. The molecule has 1 aromatic carbocycles. The van der Waals surface area contributed by atoms with Gasteiger partial charge in [0.1, 0.15) is 0 Å². The maximum Gasteiger partial charge on any atom is 0.315 e. The zero-order valence-corrected chi connectivity index (χ0v) is 13.7. The first-order valence-corrected chi connectivity index (χ1v) is 7.49. The van der Waals surface area contributed by atoms with E-state index in [0.717, 1.165) is 5.56 Å². The monoisotopic (exact) mass is 324 g/mol.